The summed E-state index contributed by atoms with van der Waals surface area (Å²) in [6.45, 7) is 14.1. The number of benzene rings is 4. The number of fused-ring (bicyclic) bond motifs is 8. The van der Waals surface area contributed by atoms with Crippen LogP contribution in [0.3, 0.4) is 0 Å². The third-order valence-electron chi connectivity index (χ3n) is 10.7. The van der Waals surface area contributed by atoms with Gasteiger partial charge in [-0.1, -0.05) is 102 Å². The molecule has 1 aromatic heterocycles. The van der Waals surface area contributed by atoms with Crippen LogP contribution in [0.15, 0.2) is 91.3 Å². The second-order valence-electron chi connectivity index (χ2n) is 15.3. The van der Waals surface area contributed by atoms with E-state index < -0.39 is 11.6 Å². The SMILES string of the molecule is CC(C)(C)c1cc2c(c3ccccc13)C1(C)CC1(C)[n+]1cnc(-c3ccc(-c4ccc(CC(C)(C)C(F)(F)F)cc4)cc3)cc1-2. The largest absolute Gasteiger partial charge is 0.394 e. The van der Waals surface area contributed by atoms with Crippen molar-refractivity contribution < 1.29 is 17.7 Å². The van der Waals surface area contributed by atoms with Crippen LogP contribution in [0.4, 0.5) is 13.2 Å². The average molecular weight is 606 g/mol. The van der Waals surface area contributed by atoms with Gasteiger partial charge in [-0.05, 0) is 80.5 Å². The first-order valence-electron chi connectivity index (χ1n) is 15.8. The lowest BCUT2D eigenvalue weighted by molar-refractivity contribution is -0.733. The molecule has 2 nitrogen and oxygen atoms in total. The van der Waals surface area contributed by atoms with E-state index in [4.69, 9.17) is 4.98 Å². The molecule has 0 bridgehead atoms. The summed E-state index contributed by atoms with van der Waals surface area (Å²) < 4.78 is 42.6. The molecule has 1 saturated carbocycles. The Kier molecular flexibility index (Phi) is 6.28. The Morgan fingerprint density at radius 2 is 1.33 bits per heavy atom. The monoisotopic (exact) mass is 605 g/mol. The summed E-state index contributed by atoms with van der Waals surface area (Å²) in [6, 6.07) is 29.3. The molecule has 0 spiro atoms. The quantitative estimate of drug-likeness (QED) is 0.186. The summed E-state index contributed by atoms with van der Waals surface area (Å²) in [4.78, 5) is 4.96. The number of halogens is 3. The summed E-state index contributed by atoms with van der Waals surface area (Å²) in [6.07, 6.45) is -1.19. The summed E-state index contributed by atoms with van der Waals surface area (Å²) in [5, 5.41) is 2.70. The van der Waals surface area contributed by atoms with E-state index in [1.165, 1.54) is 47.0 Å². The highest BCUT2D eigenvalue weighted by Gasteiger charge is 2.70. The van der Waals surface area contributed by atoms with E-state index in [1.807, 2.05) is 18.5 Å². The van der Waals surface area contributed by atoms with E-state index in [0.717, 1.165) is 28.8 Å². The number of hydrogen-bond donors (Lipinski definition) is 0. The Balaban J connectivity index is 1.26. The van der Waals surface area contributed by atoms with Crippen LogP contribution in [-0.2, 0) is 22.8 Å². The first kappa shape index (κ1) is 29.7. The van der Waals surface area contributed by atoms with E-state index in [0.29, 0.717) is 5.56 Å². The van der Waals surface area contributed by atoms with Crippen LogP contribution < -0.4 is 4.57 Å². The van der Waals surface area contributed by atoms with E-state index in [-0.39, 0.29) is 22.8 Å². The van der Waals surface area contributed by atoms with Crippen LogP contribution in [0.2, 0.25) is 0 Å². The van der Waals surface area contributed by atoms with Crippen molar-refractivity contribution in [1.82, 2.24) is 4.98 Å². The molecule has 1 aliphatic carbocycles. The molecule has 0 N–H and O–H groups in total. The predicted molar refractivity (Wildman–Crippen MR) is 176 cm³/mol. The summed E-state index contributed by atoms with van der Waals surface area (Å²) >= 11 is 0. The Morgan fingerprint density at radius 1 is 0.756 bits per heavy atom. The molecule has 0 radical (unpaired) electrons. The van der Waals surface area contributed by atoms with Crippen molar-refractivity contribution in [2.75, 3.05) is 0 Å². The van der Waals surface area contributed by atoms with Crippen LogP contribution in [0.5, 0.6) is 0 Å². The van der Waals surface area contributed by atoms with E-state index in [9.17, 15) is 13.2 Å². The fourth-order valence-electron chi connectivity index (χ4n) is 7.58. The van der Waals surface area contributed by atoms with Crippen LogP contribution in [-0.4, -0.2) is 11.2 Å². The first-order chi connectivity index (χ1) is 21.0. The van der Waals surface area contributed by atoms with Crippen molar-refractivity contribution >= 4 is 10.8 Å². The van der Waals surface area contributed by atoms with Gasteiger partial charge in [0.05, 0.1) is 5.41 Å². The average Bonchev–Trinajstić information content (AvgIpc) is 3.58. The minimum atomic E-state index is -4.24. The lowest BCUT2D eigenvalue weighted by Crippen LogP contribution is -2.53. The molecule has 2 atom stereocenters. The molecule has 2 unspecified atom stereocenters. The number of rotatable bonds is 4. The highest BCUT2D eigenvalue weighted by molar-refractivity contribution is 5.97. The van der Waals surface area contributed by atoms with Gasteiger partial charge in [-0.2, -0.15) is 13.2 Å². The molecule has 0 saturated heterocycles. The van der Waals surface area contributed by atoms with Gasteiger partial charge >= 0.3 is 6.18 Å². The van der Waals surface area contributed by atoms with Gasteiger partial charge in [0, 0.05) is 29.0 Å². The number of hydrogen-bond acceptors (Lipinski definition) is 1. The zero-order valence-corrected chi connectivity index (χ0v) is 27.1. The molecular formula is C40H40F3N2+. The van der Waals surface area contributed by atoms with Crippen molar-refractivity contribution in [3.63, 3.8) is 0 Å². The molecule has 230 valence electrons. The zero-order valence-electron chi connectivity index (χ0n) is 27.1. The molecular weight excluding hydrogens is 565 g/mol. The molecule has 5 aromatic rings. The van der Waals surface area contributed by atoms with Crippen molar-refractivity contribution in [3.8, 4) is 33.6 Å². The molecule has 0 amide bonds. The third kappa shape index (κ3) is 4.53. The Morgan fingerprint density at radius 3 is 1.93 bits per heavy atom. The minimum Gasteiger partial charge on any atom is -0.224 e. The van der Waals surface area contributed by atoms with Crippen LogP contribution >= 0.6 is 0 Å². The van der Waals surface area contributed by atoms with Crippen LogP contribution in [0.25, 0.3) is 44.4 Å². The van der Waals surface area contributed by atoms with E-state index >= 15 is 0 Å². The minimum absolute atomic E-state index is 0.0108. The maximum absolute atomic E-state index is 13.4. The van der Waals surface area contributed by atoms with Gasteiger partial charge in [0.25, 0.3) is 6.33 Å². The van der Waals surface area contributed by atoms with Crippen molar-refractivity contribution in [3.05, 3.63) is 108 Å². The smallest absolute Gasteiger partial charge is 0.224 e. The van der Waals surface area contributed by atoms with Gasteiger partial charge in [0.1, 0.15) is 11.2 Å². The fourth-order valence-corrected chi connectivity index (χ4v) is 7.58. The highest BCUT2D eigenvalue weighted by Crippen LogP contribution is 2.65. The van der Waals surface area contributed by atoms with Gasteiger partial charge in [0.15, 0.2) is 5.69 Å². The molecule has 45 heavy (non-hydrogen) atoms. The second kappa shape index (κ2) is 9.51. The maximum atomic E-state index is 13.4. The molecule has 5 heteroatoms. The fraction of sp³-hybridized carbons (Fsp3) is 0.350. The van der Waals surface area contributed by atoms with Gasteiger partial charge in [-0.15, -0.1) is 0 Å². The van der Waals surface area contributed by atoms with Gasteiger partial charge < -0.3 is 0 Å². The van der Waals surface area contributed by atoms with E-state index in [2.05, 4.69) is 99.8 Å². The molecule has 7 rings (SSSR count). The summed E-state index contributed by atoms with van der Waals surface area (Å²) in [7, 11) is 0. The lowest BCUT2D eigenvalue weighted by atomic mass is 9.75. The summed E-state index contributed by atoms with van der Waals surface area (Å²) in [5.41, 5.74) is 8.14. The van der Waals surface area contributed by atoms with E-state index in [1.54, 1.807) is 12.1 Å². The van der Waals surface area contributed by atoms with Gasteiger partial charge in [-0.25, -0.2) is 4.57 Å². The third-order valence-corrected chi connectivity index (χ3v) is 10.7. The highest BCUT2D eigenvalue weighted by atomic mass is 19.4. The number of aromatic nitrogens is 2. The standard InChI is InChI=1S/C40H40F3N2/c1-36(2,3)32-20-31-34-21-33(44-24-45(34)39(7)23-38(39,6)35(31)30-11-9-8-10-29(30)32)28-18-16-27(17-19-28)26-14-12-25(13-15-26)22-37(4,5)40(41,42)43/h8-21,24H,22-23H2,1-7H3/q+1. The maximum Gasteiger partial charge on any atom is 0.394 e. The van der Waals surface area contributed by atoms with Gasteiger partial charge in [-0.3, -0.25) is 0 Å². The topological polar surface area (TPSA) is 16.8 Å². The summed E-state index contributed by atoms with van der Waals surface area (Å²) in [5.74, 6) is 0. The lowest BCUT2D eigenvalue weighted by Gasteiger charge is -2.32. The van der Waals surface area contributed by atoms with Crippen LogP contribution in [0.1, 0.15) is 71.6 Å². The van der Waals surface area contributed by atoms with Gasteiger partial charge in [0.2, 0.25) is 0 Å². The zero-order chi connectivity index (χ0) is 32.2. The Bertz CT molecular complexity index is 1960. The molecule has 4 aromatic carbocycles. The molecule has 1 aliphatic heterocycles. The van der Waals surface area contributed by atoms with Crippen LogP contribution in [0, 0.1) is 5.41 Å². The molecule has 2 heterocycles. The van der Waals surface area contributed by atoms with Crippen molar-refractivity contribution in [1.29, 1.82) is 0 Å². The second-order valence-corrected chi connectivity index (χ2v) is 15.3. The van der Waals surface area contributed by atoms with Crippen molar-refractivity contribution in [2.24, 2.45) is 5.41 Å². The normalized spacial score (nSPS) is 20.8. The molecule has 2 aliphatic rings. The Labute approximate surface area is 264 Å². The predicted octanol–water partition coefficient (Wildman–Crippen LogP) is 10.3. The molecule has 1 fully saturated rings. The Hall–Kier alpha value is -3.99. The number of alkyl halides is 3. The first-order valence-corrected chi connectivity index (χ1v) is 15.8. The van der Waals surface area contributed by atoms with Crippen molar-refractivity contribution in [2.45, 2.75) is 83.9 Å². The number of nitrogens with zero attached hydrogens (tertiary/aromatic N) is 2.